The number of hydrogen-bond donors (Lipinski definition) is 2. The number of ether oxygens (including phenoxy) is 1. The van der Waals surface area contributed by atoms with Gasteiger partial charge in [0.2, 0.25) is 0 Å². The second-order valence-corrected chi connectivity index (χ2v) is 7.17. The quantitative estimate of drug-likeness (QED) is 0.594. The highest BCUT2D eigenvalue weighted by molar-refractivity contribution is 5.35. The van der Waals surface area contributed by atoms with E-state index in [0.29, 0.717) is 18.6 Å². The second-order valence-electron chi connectivity index (χ2n) is 7.17. The molecule has 0 radical (unpaired) electrons. The molecule has 0 saturated heterocycles. The van der Waals surface area contributed by atoms with Gasteiger partial charge in [-0.05, 0) is 54.8 Å². The first-order chi connectivity index (χ1) is 11.8. The summed E-state index contributed by atoms with van der Waals surface area (Å²) in [5.41, 5.74) is 10.1. The Kier molecular flexibility index (Phi) is 8.79. The molecule has 2 atom stereocenters. The lowest BCUT2D eigenvalue weighted by Crippen LogP contribution is -2.23. The number of benzene rings is 1. The van der Waals surface area contributed by atoms with E-state index in [4.69, 9.17) is 15.6 Å². The number of aliphatic hydroxyl groups excluding tert-OH is 1. The smallest absolute Gasteiger partial charge is 0.0723 e. The maximum Gasteiger partial charge on any atom is 0.0723 e. The normalized spacial score (nSPS) is 18.4. The summed E-state index contributed by atoms with van der Waals surface area (Å²) in [6, 6.07) is 6.86. The van der Waals surface area contributed by atoms with Crippen molar-refractivity contribution in [3.8, 4) is 0 Å². The molecule has 0 unspecified atom stereocenters. The van der Waals surface area contributed by atoms with E-state index in [0.717, 1.165) is 32.3 Å². The van der Waals surface area contributed by atoms with Gasteiger partial charge in [-0.2, -0.15) is 0 Å². The van der Waals surface area contributed by atoms with Crippen LogP contribution in [0.15, 0.2) is 18.2 Å². The molecule has 0 amide bonds. The summed E-state index contributed by atoms with van der Waals surface area (Å²) in [7, 11) is 0. The van der Waals surface area contributed by atoms with Crippen LogP contribution in [0.1, 0.15) is 80.9 Å². The van der Waals surface area contributed by atoms with E-state index < -0.39 is 0 Å². The standard InChI is InChI=1S/C21H35NO2/c1-2-3-4-5-9-21-14-18-11-10-17(13-20(18)16-24-21)19(15-22)8-6-7-12-23/h10-11,13,19,21,23H,2-9,12,14-16,22H2,1H3/t19-,21-/m0/s1. The molecule has 24 heavy (non-hydrogen) atoms. The molecule has 0 bridgehead atoms. The minimum absolute atomic E-state index is 0.273. The highest BCUT2D eigenvalue weighted by Gasteiger charge is 2.20. The number of rotatable bonds is 11. The zero-order valence-electron chi connectivity index (χ0n) is 15.3. The van der Waals surface area contributed by atoms with Crippen LogP contribution in [0.4, 0.5) is 0 Å². The Balaban J connectivity index is 1.90. The fourth-order valence-electron chi connectivity index (χ4n) is 3.65. The number of hydrogen-bond acceptors (Lipinski definition) is 3. The van der Waals surface area contributed by atoms with E-state index in [1.807, 2.05) is 0 Å². The summed E-state index contributed by atoms with van der Waals surface area (Å²) in [5, 5.41) is 8.95. The van der Waals surface area contributed by atoms with Crippen LogP contribution in [-0.2, 0) is 17.8 Å². The lowest BCUT2D eigenvalue weighted by molar-refractivity contribution is 0.0216. The summed E-state index contributed by atoms with van der Waals surface area (Å²) < 4.78 is 6.09. The number of nitrogens with two attached hydrogens (primary N) is 1. The first-order valence-electron chi connectivity index (χ1n) is 9.82. The fourth-order valence-corrected chi connectivity index (χ4v) is 3.65. The third-order valence-electron chi connectivity index (χ3n) is 5.25. The van der Waals surface area contributed by atoms with Gasteiger partial charge in [-0.25, -0.2) is 0 Å². The lowest BCUT2D eigenvalue weighted by atomic mass is 9.88. The maximum atomic E-state index is 8.95. The van der Waals surface area contributed by atoms with Crippen LogP contribution in [0.3, 0.4) is 0 Å². The van der Waals surface area contributed by atoms with Crippen LogP contribution in [0.5, 0.6) is 0 Å². The molecule has 3 nitrogen and oxygen atoms in total. The molecule has 0 saturated carbocycles. The van der Waals surface area contributed by atoms with Gasteiger partial charge < -0.3 is 15.6 Å². The van der Waals surface area contributed by atoms with E-state index in [2.05, 4.69) is 25.1 Å². The first-order valence-corrected chi connectivity index (χ1v) is 9.82. The summed E-state index contributed by atoms with van der Waals surface area (Å²) in [6.45, 7) is 3.94. The highest BCUT2D eigenvalue weighted by Crippen LogP contribution is 2.28. The maximum absolute atomic E-state index is 8.95. The van der Waals surface area contributed by atoms with Crippen molar-refractivity contribution >= 4 is 0 Å². The van der Waals surface area contributed by atoms with Gasteiger partial charge in [-0.1, -0.05) is 57.2 Å². The van der Waals surface area contributed by atoms with Crippen molar-refractivity contribution in [2.75, 3.05) is 13.2 Å². The molecule has 2 rings (SSSR count). The van der Waals surface area contributed by atoms with Crippen LogP contribution >= 0.6 is 0 Å². The third-order valence-corrected chi connectivity index (χ3v) is 5.25. The largest absolute Gasteiger partial charge is 0.396 e. The van der Waals surface area contributed by atoms with Gasteiger partial charge in [-0.3, -0.25) is 0 Å². The van der Waals surface area contributed by atoms with Crippen molar-refractivity contribution in [3.63, 3.8) is 0 Å². The van der Waals surface area contributed by atoms with Gasteiger partial charge in [-0.15, -0.1) is 0 Å². The molecule has 0 spiro atoms. The predicted molar refractivity (Wildman–Crippen MR) is 100 cm³/mol. The molecule has 1 aliphatic heterocycles. The summed E-state index contributed by atoms with van der Waals surface area (Å²) in [6.07, 6.45) is 10.8. The van der Waals surface area contributed by atoms with E-state index >= 15 is 0 Å². The van der Waals surface area contributed by atoms with Gasteiger partial charge >= 0.3 is 0 Å². The SMILES string of the molecule is CCCCCC[C@H]1Cc2ccc([C@H](CN)CCCCO)cc2CO1. The number of unbranched alkanes of at least 4 members (excludes halogenated alkanes) is 4. The van der Waals surface area contributed by atoms with Crippen molar-refractivity contribution in [2.24, 2.45) is 5.73 Å². The molecule has 1 heterocycles. The van der Waals surface area contributed by atoms with Gasteiger partial charge in [0.15, 0.2) is 0 Å². The Morgan fingerprint density at radius 3 is 2.79 bits per heavy atom. The van der Waals surface area contributed by atoms with E-state index in [-0.39, 0.29) is 6.61 Å². The molecule has 3 N–H and O–H groups in total. The van der Waals surface area contributed by atoms with Crippen molar-refractivity contribution in [1.29, 1.82) is 0 Å². The molecule has 0 aromatic heterocycles. The zero-order valence-corrected chi connectivity index (χ0v) is 15.3. The van der Waals surface area contributed by atoms with E-state index in [1.54, 1.807) is 0 Å². The summed E-state index contributed by atoms with van der Waals surface area (Å²) in [5.74, 6) is 0.397. The highest BCUT2D eigenvalue weighted by atomic mass is 16.5. The Bertz CT molecular complexity index is 475. The van der Waals surface area contributed by atoms with Crippen LogP contribution in [-0.4, -0.2) is 24.4 Å². The first kappa shape index (κ1) is 19.4. The van der Waals surface area contributed by atoms with Crippen LogP contribution in [0.2, 0.25) is 0 Å². The van der Waals surface area contributed by atoms with Crippen molar-refractivity contribution < 1.29 is 9.84 Å². The molecule has 0 fully saturated rings. The summed E-state index contributed by atoms with van der Waals surface area (Å²) >= 11 is 0. The predicted octanol–water partition coefficient (Wildman–Crippen LogP) is 4.30. The Labute approximate surface area is 147 Å². The molecular weight excluding hydrogens is 298 g/mol. The number of aliphatic hydroxyl groups is 1. The second kappa shape index (κ2) is 10.9. The molecule has 0 aliphatic carbocycles. The Morgan fingerprint density at radius 1 is 1.17 bits per heavy atom. The lowest BCUT2D eigenvalue weighted by Gasteiger charge is -2.27. The average molecular weight is 334 g/mol. The summed E-state index contributed by atoms with van der Waals surface area (Å²) in [4.78, 5) is 0. The minimum atomic E-state index is 0.273. The van der Waals surface area contributed by atoms with Crippen molar-refractivity contribution in [3.05, 3.63) is 34.9 Å². The number of fused-ring (bicyclic) bond motifs is 1. The molecule has 1 aromatic rings. The monoisotopic (exact) mass is 333 g/mol. The molecule has 1 aliphatic rings. The molecule has 3 heteroatoms. The van der Waals surface area contributed by atoms with Crippen LogP contribution < -0.4 is 5.73 Å². The topological polar surface area (TPSA) is 55.5 Å². The van der Waals surface area contributed by atoms with Crippen molar-refractivity contribution in [2.45, 2.75) is 83.3 Å². The van der Waals surface area contributed by atoms with Gasteiger partial charge in [0, 0.05) is 6.61 Å². The third kappa shape index (κ3) is 5.87. The van der Waals surface area contributed by atoms with Crippen LogP contribution in [0.25, 0.3) is 0 Å². The Morgan fingerprint density at radius 2 is 2.04 bits per heavy atom. The zero-order chi connectivity index (χ0) is 17.2. The molecule has 1 aromatic carbocycles. The Hall–Kier alpha value is -0.900. The van der Waals surface area contributed by atoms with Gasteiger partial charge in [0.05, 0.1) is 12.7 Å². The van der Waals surface area contributed by atoms with Gasteiger partial charge in [0.1, 0.15) is 0 Å². The van der Waals surface area contributed by atoms with Gasteiger partial charge in [0.25, 0.3) is 0 Å². The van der Waals surface area contributed by atoms with Crippen molar-refractivity contribution in [1.82, 2.24) is 0 Å². The average Bonchev–Trinajstić information content (AvgIpc) is 2.62. The minimum Gasteiger partial charge on any atom is -0.396 e. The molecule has 136 valence electrons. The van der Waals surface area contributed by atoms with Crippen LogP contribution in [0, 0.1) is 0 Å². The molecular formula is C21H35NO2. The van der Waals surface area contributed by atoms with E-state index in [9.17, 15) is 0 Å². The van der Waals surface area contributed by atoms with E-state index in [1.165, 1.54) is 48.8 Å². The fraction of sp³-hybridized carbons (Fsp3) is 0.714.